The Morgan fingerprint density at radius 2 is 2.32 bits per heavy atom. The van der Waals surface area contributed by atoms with Crippen molar-refractivity contribution >= 4 is 23.2 Å². The Balaban J connectivity index is 1.97. The van der Waals surface area contributed by atoms with Crippen LogP contribution in [0.4, 0.5) is 5.69 Å². The quantitative estimate of drug-likeness (QED) is 0.902. The lowest BCUT2D eigenvalue weighted by atomic mass is 10.3. The molecule has 1 atom stereocenters. The Bertz CT molecular complexity index is 581. The summed E-state index contributed by atoms with van der Waals surface area (Å²) in [6.07, 6.45) is 1.01. The average molecular weight is 280 g/mol. The van der Waals surface area contributed by atoms with E-state index < -0.39 is 6.10 Å². The van der Waals surface area contributed by atoms with Crippen LogP contribution >= 0.6 is 11.6 Å². The number of carbonyl (C=O) groups excluding carboxylic acids is 1. The van der Waals surface area contributed by atoms with Crippen LogP contribution in [-0.2, 0) is 11.3 Å². The molecule has 0 saturated carbocycles. The van der Waals surface area contributed by atoms with Crippen molar-refractivity contribution in [1.29, 1.82) is 0 Å². The second-order valence-corrected chi connectivity index (χ2v) is 4.61. The number of carbonyl (C=O) groups is 1. The van der Waals surface area contributed by atoms with E-state index in [0.29, 0.717) is 16.4 Å². The zero-order valence-electron chi connectivity index (χ0n) is 10.4. The number of anilines is 1. The zero-order chi connectivity index (χ0) is 13.8. The van der Waals surface area contributed by atoms with Crippen LogP contribution in [0.15, 0.2) is 36.5 Å². The fourth-order valence-corrected chi connectivity index (χ4v) is 1.79. The van der Waals surface area contributed by atoms with Gasteiger partial charge in [0.25, 0.3) is 0 Å². The van der Waals surface area contributed by atoms with E-state index in [2.05, 4.69) is 10.4 Å². The second-order valence-electron chi connectivity index (χ2n) is 4.17. The summed E-state index contributed by atoms with van der Waals surface area (Å²) in [4.78, 5) is 11.8. The molecule has 1 amide bonds. The number of halogens is 1. The number of nitrogens with zero attached hydrogens (tertiary/aromatic N) is 2. The van der Waals surface area contributed by atoms with Gasteiger partial charge in [0, 0.05) is 16.9 Å². The third kappa shape index (κ3) is 3.81. The van der Waals surface area contributed by atoms with Gasteiger partial charge in [0.05, 0.1) is 11.8 Å². The number of rotatable bonds is 4. The lowest BCUT2D eigenvalue weighted by Crippen LogP contribution is -2.19. The van der Waals surface area contributed by atoms with Gasteiger partial charge in [-0.3, -0.25) is 9.48 Å². The molecular weight excluding hydrogens is 266 g/mol. The van der Waals surface area contributed by atoms with E-state index >= 15 is 0 Å². The van der Waals surface area contributed by atoms with Crippen molar-refractivity contribution < 1.29 is 9.90 Å². The number of aromatic nitrogens is 2. The number of nitrogens with one attached hydrogen (secondary N) is 1. The van der Waals surface area contributed by atoms with E-state index in [9.17, 15) is 9.90 Å². The molecule has 19 heavy (non-hydrogen) atoms. The first-order valence-electron chi connectivity index (χ1n) is 5.81. The fraction of sp³-hybridized carbons (Fsp3) is 0.231. The number of amides is 1. The van der Waals surface area contributed by atoms with Crippen LogP contribution in [0.2, 0.25) is 5.02 Å². The van der Waals surface area contributed by atoms with Crippen LogP contribution < -0.4 is 5.32 Å². The molecule has 0 spiro atoms. The molecule has 2 rings (SSSR count). The van der Waals surface area contributed by atoms with E-state index in [0.717, 1.165) is 0 Å². The van der Waals surface area contributed by atoms with E-state index in [1.807, 2.05) is 0 Å². The smallest absolute Gasteiger partial charge is 0.246 e. The summed E-state index contributed by atoms with van der Waals surface area (Å²) in [6.45, 7) is 1.71. The summed E-state index contributed by atoms with van der Waals surface area (Å²) >= 11 is 5.83. The van der Waals surface area contributed by atoms with Crippen molar-refractivity contribution in [3.63, 3.8) is 0 Å². The Hall–Kier alpha value is -1.85. The third-order valence-corrected chi connectivity index (χ3v) is 2.74. The monoisotopic (exact) mass is 279 g/mol. The standard InChI is InChI=1S/C13H14ClN3O2/c1-9(18)12-5-6-17(16-12)8-13(19)15-11-4-2-3-10(14)7-11/h2-7,9,18H,8H2,1H3,(H,15,19)/t9-/m1/s1. The van der Waals surface area contributed by atoms with Gasteiger partial charge >= 0.3 is 0 Å². The highest BCUT2D eigenvalue weighted by atomic mass is 35.5. The maximum absolute atomic E-state index is 11.8. The maximum Gasteiger partial charge on any atom is 0.246 e. The summed E-state index contributed by atoms with van der Waals surface area (Å²) in [7, 11) is 0. The van der Waals surface area contributed by atoms with Crippen molar-refractivity contribution in [2.75, 3.05) is 5.32 Å². The first-order chi connectivity index (χ1) is 9.04. The fourth-order valence-electron chi connectivity index (χ4n) is 1.60. The van der Waals surface area contributed by atoms with Gasteiger partial charge < -0.3 is 10.4 Å². The molecule has 2 N–H and O–H groups in total. The van der Waals surface area contributed by atoms with Crippen molar-refractivity contribution in [3.05, 3.63) is 47.2 Å². The molecule has 0 saturated heterocycles. The van der Waals surface area contributed by atoms with Crippen molar-refractivity contribution in [2.24, 2.45) is 0 Å². The van der Waals surface area contributed by atoms with Crippen LogP contribution in [0.25, 0.3) is 0 Å². The number of aliphatic hydroxyl groups is 1. The minimum absolute atomic E-state index is 0.0826. The molecule has 100 valence electrons. The van der Waals surface area contributed by atoms with Gasteiger partial charge in [-0.2, -0.15) is 5.10 Å². The van der Waals surface area contributed by atoms with Gasteiger partial charge in [0.15, 0.2) is 0 Å². The summed E-state index contributed by atoms with van der Waals surface area (Å²) in [5, 5.41) is 16.7. The van der Waals surface area contributed by atoms with Gasteiger partial charge in [-0.25, -0.2) is 0 Å². The van der Waals surface area contributed by atoms with Crippen LogP contribution in [-0.4, -0.2) is 20.8 Å². The minimum Gasteiger partial charge on any atom is -0.387 e. The minimum atomic E-state index is -0.641. The SMILES string of the molecule is C[C@@H](O)c1ccn(CC(=O)Nc2cccc(Cl)c2)n1. The topological polar surface area (TPSA) is 67.2 Å². The molecule has 0 aliphatic heterocycles. The van der Waals surface area contributed by atoms with Crippen LogP contribution in [0.1, 0.15) is 18.7 Å². The Labute approximate surface area is 115 Å². The van der Waals surface area contributed by atoms with E-state index in [-0.39, 0.29) is 12.5 Å². The maximum atomic E-state index is 11.8. The first kappa shape index (κ1) is 13.6. The number of hydrogen-bond donors (Lipinski definition) is 2. The molecule has 6 heteroatoms. The van der Waals surface area contributed by atoms with Crippen molar-refractivity contribution in [2.45, 2.75) is 19.6 Å². The van der Waals surface area contributed by atoms with E-state index in [4.69, 9.17) is 11.6 Å². The summed E-state index contributed by atoms with van der Waals surface area (Å²) in [6, 6.07) is 8.60. The molecule has 0 aliphatic rings. The lowest BCUT2D eigenvalue weighted by molar-refractivity contribution is -0.116. The van der Waals surface area contributed by atoms with E-state index in [1.165, 1.54) is 4.68 Å². The van der Waals surface area contributed by atoms with Crippen LogP contribution in [0.5, 0.6) is 0 Å². The van der Waals surface area contributed by atoms with Crippen LogP contribution in [0.3, 0.4) is 0 Å². The van der Waals surface area contributed by atoms with Gasteiger partial charge in [-0.15, -0.1) is 0 Å². The molecule has 1 aromatic carbocycles. The van der Waals surface area contributed by atoms with Gasteiger partial charge in [0.2, 0.25) is 5.91 Å². The summed E-state index contributed by atoms with van der Waals surface area (Å²) in [5.74, 6) is -0.206. The Kier molecular flexibility index (Phi) is 4.19. The molecular formula is C13H14ClN3O2. The summed E-state index contributed by atoms with van der Waals surface area (Å²) < 4.78 is 1.47. The Morgan fingerprint density at radius 1 is 1.53 bits per heavy atom. The zero-order valence-corrected chi connectivity index (χ0v) is 11.1. The highest BCUT2D eigenvalue weighted by molar-refractivity contribution is 6.30. The number of hydrogen-bond acceptors (Lipinski definition) is 3. The predicted octanol–water partition coefficient (Wildman–Crippen LogP) is 2.23. The van der Waals surface area contributed by atoms with Gasteiger partial charge in [-0.05, 0) is 31.2 Å². The predicted molar refractivity (Wildman–Crippen MR) is 72.9 cm³/mol. The van der Waals surface area contributed by atoms with Gasteiger partial charge in [0.1, 0.15) is 6.54 Å². The van der Waals surface area contributed by atoms with Gasteiger partial charge in [-0.1, -0.05) is 17.7 Å². The third-order valence-electron chi connectivity index (χ3n) is 2.50. The molecule has 0 unspecified atom stereocenters. The normalized spacial score (nSPS) is 12.2. The second kappa shape index (κ2) is 5.86. The molecule has 0 bridgehead atoms. The number of aliphatic hydroxyl groups excluding tert-OH is 1. The average Bonchev–Trinajstić information content (AvgIpc) is 2.77. The molecule has 0 radical (unpaired) electrons. The van der Waals surface area contributed by atoms with Crippen molar-refractivity contribution in [1.82, 2.24) is 9.78 Å². The van der Waals surface area contributed by atoms with Crippen LogP contribution in [0, 0.1) is 0 Å². The number of benzene rings is 1. The summed E-state index contributed by atoms with van der Waals surface area (Å²) in [5.41, 5.74) is 1.18. The first-order valence-corrected chi connectivity index (χ1v) is 6.19. The molecule has 5 nitrogen and oxygen atoms in total. The highest BCUT2D eigenvalue weighted by Crippen LogP contribution is 2.15. The molecule has 1 heterocycles. The largest absolute Gasteiger partial charge is 0.387 e. The molecule has 1 aromatic heterocycles. The lowest BCUT2D eigenvalue weighted by Gasteiger charge is -2.05. The van der Waals surface area contributed by atoms with E-state index in [1.54, 1.807) is 43.5 Å². The molecule has 0 fully saturated rings. The highest BCUT2D eigenvalue weighted by Gasteiger charge is 2.08. The van der Waals surface area contributed by atoms with Crippen molar-refractivity contribution in [3.8, 4) is 0 Å². The molecule has 2 aromatic rings. The molecule has 0 aliphatic carbocycles. The Morgan fingerprint density at radius 3 is 2.95 bits per heavy atom.